The van der Waals surface area contributed by atoms with Gasteiger partial charge in [0.25, 0.3) is 0 Å². The van der Waals surface area contributed by atoms with Crippen LogP contribution in [0.2, 0.25) is 0 Å². The molecule has 1 unspecified atom stereocenters. The predicted octanol–water partition coefficient (Wildman–Crippen LogP) is 3.35. The van der Waals surface area contributed by atoms with Crippen LogP contribution in [0.5, 0.6) is 11.5 Å². The average molecular weight is 428 g/mol. The first-order valence-corrected chi connectivity index (χ1v) is 10.5. The number of hydrogen-bond donors (Lipinski definition) is 1. The number of methoxy groups -OCH3 is 2. The number of rotatable bonds is 9. The number of thioether (sulfide) groups is 1. The average Bonchev–Trinajstić information content (AvgIpc) is 3.20. The molecular formula is C21H25N5O3S. The molecule has 0 fully saturated rings. The molecule has 9 heteroatoms. The van der Waals surface area contributed by atoms with Gasteiger partial charge in [0.2, 0.25) is 5.91 Å². The molecule has 1 atom stereocenters. The molecule has 1 amide bonds. The number of aromatic nitrogens is 4. The molecule has 30 heavy (non-hydrogen) atoms. The molecule has 0 aliphatic carbocycles. The zero-order chi connectivity index (χ0) is 21.5. The molecule has 8 nitrogen and oxygen atoms in total. The summed E-state index contributed by atoms with van der Waals surface area (Å²) in [5, 5.41) is 12.3. The van der Waals surface area contributed by atoms with Crippen LogP contribution in [0.4, 0.5) is 0 Å². The van der Waals surface area contributed by atoms with Crippen LogP contribution in [0, 0.1) is 0 Å². The van der Waals surface area contributed by atoms with Crippen LogP contribution in [-0.2, 0) is 11.3 Å². The standard InChI is InChI=1S/C21H25N5O3S/c1-5-26-20(15-8-10-22-11-9-15)24-25-21(26)30-13-19(27)23-14(2)17-12-16(28-3)6-7-18(17)29-4/h6-12,14H,5,13H2,1-4H3,(H,23,27). The molecule has 0 aliphatic rings. The third kappa shape index (κ3) is 4.91. The monoisotopic (exact) mass is 427 g/mol. The summed E-state index contributed by atoms with van der Waals surface area (Å²) < 4.78 is 12.7. The van der Waals surface area contributed by atoms with Crippen LogP contribution in [0.3, 0.4) is 0 Å². The van der Waals surface area contributed by atoms with Crippen LogP contribution < -0.4 is 14.8 Å². The van der Waals surface area contributed by atoms with Gasteiger partial charge in [0, 0.05) is 30.1 Å². The maximum atomic E-state index is 12.6. The zero-order valence-corrected chi connectivity index (χ0v) is 18.3. The number of carbonyl (C=O) groups is 1. The molecule has 3 aromatic rings. The van der Waals surface area contributed by atoms with E-state index in [2.05, 4.69) is 20.5 Å². The highest BCUT2D eigenvalue weighted by atomic mass is 32.2. The summed E-state index contributed by atoms with van der Waals surface area (Å²) in [6.07, 6.45) is 3.44. The van der Waals surface area contributed by atoms with Gasteiger partial charge in [-0.05, 0) is 44.2 Å². The van der Waals surface area contributed by atoms with Crippen LogP contribution in [0.15, 0.2) is 47.9 Å². The molecule has 0 aliphatic heterocycles. The fourth-order valence-corrected chi connectivity index (χ4v) is 3.88. The van der Waals surface area contributed by atoms with Gasteiger partial charge >= 0.3 is 0 Å². The number of ether oxygens (including phenoxy) is 2. The van der Waals surface area contributed by atoms with Gasteiger partial charge in [0.05, 0.1) is 26.0 Å². The van der Waals surface area contributed by atoms with E-state index in [-0.39, 0.29) is 17.7 Å². The quantitative estimate of drug-likeness (QED) is 0.524. The third-order valence-electron chi connectivity index (χ3n) is 4.58. The number of nitrogens with zero attached hydrogens (tertiary/aromatic N) is 4. The van der Waals surface area contributed by atoms with Crippen molar-refractivity contribution in [3.05, 3.63) is 48.3 Å². The molecular weight excluding hydrogens is 402 g/mol. The normalized spacial score (nSPS) is 11.7. The van der Waals surface area contributed by atoms with E-state index in [0.29, 0.717) is 23.2 Å². The Morgan fingerprint density at radius 2 is 1.93 bits per heavy atom. The maximum Gasteiger partial charge on any atom is 0.230 e. The minimum absolute atomic E-state index is 0.103. The van der Waals surface area contributed by atoms with Crippen LogP contribution in [-0.4, -0.2) is 45.6 Å². The minimum Gasteiger partial charge on any atom is -0.497 e. The van der Waals surface area contributed by atoms with E-state index in [1.165, 1.54) is 11.8 Å². The summed E-state index contributed by atoms with van der Waals surface area (Å²) in [6.45, 7) is 4.64. The van der Waals surface area contributed by atoms with Crippen molar-refractivity contribution < 1.29 is 14.3 Å². The lowest BCUT2D eigenvalue weighted by Gasteiger charge is -2.18. The van der Waals surface area contributed by atoms with E-state index in [9.17, 15) is 4.79 Å². The van der Waals surface area contributed by atoms with Crippen molar-refractivity contribution in [1.29, 1.82) is 0 Å². The lowest BCUT2D eigenvalue weighted by Crippen LogP contribution is -2.28. The van der Waals surface area contributed by atoms with Gasteiger partial charge in [0.15, 0.2) is 11.0 Å². The first kappa shape index (κ1) is 21.6. The van der Waals surface area contributed by atoms with Gasteiger partial charge in [-0.15, -0.1) is 10.2 Å². The Morgan fingerprint density at radius 1 is 1.17 bits per heavy atom. The van der Waals surface area contributed by atoms with Gasteiger partial charge < -0.3 is 19.4 Å². The highest BCUT2D eigenvalue weighted by Gasteiger charge is 2.18. The lowest BCUT2D eigenvalue weighted by atomic mass is 10.1. The fraction of sp³-hybridized carbons (Fsp3) is 0.333. The lowest BCUT2D eigenvalue weighted by molar-refractivity contribution is -0.119. The van der Waals surface area contributed by atoms with Crippen molar-refractivity contribution >= 4 is 17.7 Å². The molecule has 2 aromatic heterocycles. The Kier molecular flexibility index (Phi) is 7.29. The predicted molar refractivity (Wildman–Crippen MR) is 116 cm³/mol. The molecule has 0 radical (unpaired) electrons. The van der Waals surface area contributed by atoms with Gasteiger partial charge in [-0.3, -0.25) is 9.78 Å². The van der Waals surface area contributed by atoms with Crippen LogP contribution >= 0.6 is 11.8 Å². The van der Waals surface area contributed by atoms with E-state index in [0.717, 1.165) is 17.0 Å². The number of benzene rings is 1. The number of amides is 1. The largest absolute Gasteiger partial charge is 0.497 e. The van der Waals surface area contributed by atoms with Crippen molar-refractivity contribution in [2.24, 2.45) is 0 Å². The second-order valence-electron chi connectivity index (χ2n) is 6.47. The molecule has 158 valence electrons. The molecule has 1 aromatic carbocycles. The summed E-state index contributed by atoms with van der Waals surface area (Å²) in [6, 6.07) is 9.06. The third-order valence-corrected chi connectivity index (χ3v) is 5.55. The first-order chi connectivity index (χ1) is 14.6. The number of nitrogens with one attached hydrogen (secondary N) is 1. The molecule has 0 saturated carbocycles. The van der Waals surface area contributed by atoms with E-state index >= 15 is 0 Å². The topological polar surface area (TPSA) is 91.2 Å². The first-order valence-electron chi connectivity index (χ1n) is 9.55. The van der Waals surface area contributed by atoms with Gasteiger partial charge in [0.1, 0.15) is 11.5 Å². The molecule has 2 heterocycles. The second-order valence-corrected chi connectivity index (χ2v) is 7.41. The SMILES string of the molecule is CCn1c(SCC(=O)NC(C)c2cc(OC)ccc2OC)nnc1-c1ccncc1. The van der Waals surface area contributed by atoms with Crippen molar-refractivity contribution in [3.63, 3.8) is 0 Å². The van der Waals surface area contributed by atoms with E-state index in [4.69, 9.17) is 9.47 Å². The zero-order valence-electron chi connectivity index (χ0n) is 17.5. The maximum absolute atomic E-state index is 12.6. The molecule has 0 bridgehead atoms. The van der Waals surface area contributed by atoms with Crippen LogP contribution in [0.25, 0.3) is 11.4 Å². The van der Waals surface area contributed by atoms with Gasteiger partial charge in [-0.25, -0.2) is 0 Å². The summed E-state index contributed by atoms with van der Waals surface area (Å²) in [7, 11) is 3.21. The number of carbonyl (C=O) groups excluding carboxylic acids is 1. The van der Waals surface area contributed by atoms with E-state index in [1.807, 2.05) is 48.7 Å². The van der Waals surface area contributed by atoms with Gasteiger partial charge in [-0.1, -0.05) is 11.8 Å². The molecule has 0 spiro atoms. The van der Waals surface area contributed by atoms with Crippen molar-refractivity contribution in [3.8, 4) is 22.9 Å². The highest BCUT2D eigenvalue weighted by molar-refractivity contribution is 7.99. The van der Waals surface area contributed by atoms with Crippen molar-refractivity contribution in [1.82, 2.24) is 25.1 Å². The number of hydrogen-bond acceptors (Lipinski definition) is 7. The van der Waals surface area contributed by atoms with Crippen LogP contribution in [0.1, 0.15) is 25.5 Å². The smallest absolute Gasteiger partial charge is 0.230 e. The Labute approximate surface area is 180 Å². The molecule has 0 saturated heterocycles. The summed E-state index contributed by atoms with van der Waals surface area (Å²) in [5.74, 6) is 2.29. The number of pyridine rings is 1. The molecule has 1 N–H and O–H groups in total. The van der Waals surface area contributed by atoms with E-state index < -0.39 is 0 Å². The fourth-order valence-electron chi connectivity index (χ4n) is 3.06. The second kappa shape index (κ2) is 10.1. The van der Waals surface area contributed by atoms with E-state index in [1.54, 1.807) is 26.6 Å². The van der Waals surface area contributed by atoms with Gasteiger partial charge in [-0.2, -0.15) is 0 Å². The Balaban J connectivity index is 1.66. The molecule has 3 rings (SSSR count). The minimum atomic E-state index is -0.237. The summed E-state index contributed by atoms with van der Waals surface area (Å²) in [5.41, 5.74) is 1.79. The Hall–Kier alpha value is -3.07. The Morgan fingerprint density at radius 3 is 2.60 bits per heavy atom. The van der Waals surface area contributed by atoms with Crippen molar-refractivity contribution in [2.75, 3.05) is 20.0 Å². The van der Waals surface area contributed by atoms with Crippen molar-refractivity contribution in [2.45, 2.75) is 31.6 Å². The summed E-state index contributed by atoms with van der Waals surface area (Å²) >= 11 is 1.36. The highest BCUT2D eigenvalue weighted by Crippen LogP contribution is 2.29. The Bertz CT molecular complexity index is 994. The summed E-state index contributed by atoms with van der Waals surface area (Å²) in [4.78, 5) is 16.6.